The smallest absolute Gasteiger partial charge is 0.222 e. The van der Waals surface area contributed by atoms with Crippen LogP contribution in [0.25, 0.3) is 20.7 Å². The lowest BCUT2D eigenvalue weighted by Crippen LogP contribution is -1.98. The maximum Gasteiger partial charge on any atom is 0.222 e. The number of nitrogen functional groups attached to an aromatic ring is 2. The summed E-state index contributed by atoms with van der Waals surface area (Å²) in [5.74, 6) is 0.659. The van der Waals surface area contributed by atoms with Gasteiger partial charge in [0.25, 0.3) is 0 Å². The minimum Gasteiger partial charge on any atom is -0.382 e. The molecule has 0 radical (unpaired) electrons. The third-order valence-electron chi connectivity index (χ3n) is 2.47. The van der Waals surface area contributed by atoms with E-state index in [1.807, 2.05) is 24.3 Å². The Bertz CT molecular complexity index is 676. The fraction of sp³-hybridized carbons (Fsp3) is 0. The Morgan fingerprint density at radius 3 is 2.53 bits per heavy atom. The number of anilines is 2. The highest BCUT2D eigenvalue weighted by molar-refractivity contribution is 7.22. The molecule has 0 fully saturated rings. The Morgan fingerprint density at radius 1 is 1.00 bits per heavy atom. The summed E-state index contributed by atoms with van der Waals surface area (Å²) in [4.78, 5) is 9.26. The van der Waals surface area contributed by atoms with Gasteiger partial charge in [0.15, 0.2) is 0 Å². The van der Waals surface area contributed by atoms with Crippen molar-refractivity contribution in [1.82, 2.24) is 9.97 Å². The molecule has 1 aromatic carbocycles. The first-order valence-corrected chi connectivity index (χ1v) is 5.93. The summed E-state index contributed by atoms with van der Waals surface area (Å²) in [6, 6.07) is 12.1. The molecule has 0 aliphatic rings. The fourth-order valence-electron chi connectivity index (χ4n) is 1.72. The second kappa shape index (κ2) is 3.71. The number of nitrogens with two attached hydrogens (primary N) is 2. The maximum atomic E-state index is 5.83. The number of benzene rings is 1. The number of aromatic nitrogens is 2. The molecule has 3 aromatic rings. The van der Waals surface area contributed by atoms with Gasteiger partial charge in [-0.1, -0.05) is 30.3 Å². The predicted molar refractivity (Wildman–Crippen MR) is 71.7 cm³/mol. The number of thiophene rings is 1. The zero-order valence-electron chi connectivity index (χ0n) is 8.92. The Kier molecular flexibility index (Phi) is 2.19. The van der Waals surface area contributed by atoms with E-state index in [0.29, 0.717) is 5.82 Å². The number of nitrogens with zero attached hydrogens (tertiary/aromatic N) is 2. The molecule has 4 nitrogen and oxygen atoms in total. The molecule has 0 amide bonds. The van der Waals surface area contributed by atoms with Crippen LogP contribution in [0.1, 0.15) is 0 Å². The van der Waals surface area contributed by atoms with Gasteiger partial charge in [0, 0.05) is 4.88 Å². The van der Waals surface area contributed by atoms with Crippen LogP contribution in [0.4, 0.5) is 11.8 Å². The third-order valence-corrected chi connectivity index (χ3v) is 3.67. The topological polar surface area (TPSA) is 77.8 Å². The first-order valence-electron chi connectivity index (χ1n) is 5.12. The Morgan fingerprint density at radius 2 is 1.76 bits per heavy atom. The van der Waals surface area contributed by atoms with Crippen molar-refractivity contribution in [3.05, 3.63) is 36.4 Å². The normalized spacial score (nSPS) is 10.8. The van der Waals surface area contributed by atoms with Crippen molar-refractivity contribution in [1.29, 1.82) is 0 Å². The molecule has 0 aliphatic heterocycles. The molecular weight excluding hydrogens is 232 g/mol. The van der Waals surface area contributed by atoms with Gasteiger partial charge in [0.05, 0.1) is 10.2 Å². The van der Waals surface area contributed by atoms with Crippen LogP contribution in [0.15, 0.2) is 36.4 Å². The van der Waals surface area contributed by atoms with Gasteiger partial charge in [0.2, 0.25) is 5.95 Å². The van der Waals surface area contributed by atoms with Crippen molar-refractivity contribution in [2.45, 2.75) is 0 Å². The highest BCUT2D eigenvalue weighted by Crippen LogP contribution is 2.34. The Labute approximate surface area is 102 Å². The Hall–Kier alpha value is -2.14. The van der Waals surface area contributed by atoms with E-state index in [4.69, 9.17) is 11.5 Å². The molecule has 0 saturated heterocycles. The van der Waals surface area contributed by atoms with E-state index in [2.05, 4.69) is 22.1 Å². The van der Waals surface area contributed by atoms with Crippen molar-refractivity contribution in [2.75, 3.05) is 11.5 Å². The molecule has 4 N–H and O–H groups in total. The van der Waals surface area contributed by atoms with Gasteiger partial charge in [-0.15, -0.1) is 11.3 Å². The minimum atomic E-state index is 0.215. The molecule has 84 valence electrons. The molecule has 0 atom stereocenters. The van der Waals surface area contributed by atoms with Gasteiger partial charge in [-0.2, -0.15) is 4.98 Å². The van der Waals surface area contributed by atoms with E-state index in [0.717, 1.165) is 20.7 Å². The average molecular weight is 242 g/mol. The highest BCUT2D eigenvalue weighted by atomic mass is 32.1. The van der Waals surface area contributed by atoms with Crippen LogP contribution in [0, 0.1) is 0 Å². The largest absolute Gasteiger partial charge is 0.382 e. The average Bonchev–Trinajstić information content (AvgIpc) is 2.74. The molecule has 0 aliphatic carbocycles. The van der Waals surface area contributed by atoms with Gasteiger partial charge >= 0.3 is 0 Å². The molecular formula is C12H10N4S. The van der Waals surface area contributed by atoms with Gasteiger partial charge in [-0.05, 0) is 11.6 Å². The molecule has 17 heavy (non-hydrogen) atoms. The van der Waals surface area contributed by atoms with E-state index in [9.17, 15) is 0 Å². The summed E-state index contributed by atoms with van der Waals surface area (Å²) in [6.45, 7) is 0. The third kappa shape index (κ3) is 1.70. The maximum absolute atomic E-state index is 5.83. The standard InChI is InChI=1S/C12H10N4S/c13-11-10-8(15-12(14)16-11)6-9(17-10)7-4-2-1-3-5-7/h1-6H,(H4,13,14,15,16). The lowest BCUT2D eigenvalue weighted by molar-refractivity contribution is 1.25. The van der Waals surface area contributed by atoms with Crippen molar-refractivity contribution < 1.29 is 0 Å². The first kappa shape index (κ1) is 10.0. The lowest BCUT2D eigenvalue weighted by atomic mass is 10.2. The molecule has 0 unspecified atom stereocenters. The SMILES string of the molecule is Nc1nc(N)c2sc(-c3ccccc3)cc2n1. The second-order valence-corrected chi connectivity index (χ2v) is 4.71. The summed E-state index contributed by atoms with van der Waals surface area (Å²) < 4.78 is 0.887. The van der Waals surface area contributed by atoms with Crippen molar-refractivity contribution in [2.24, 2.45) is 0 Å². The first-order chi connectivity index (χ1) is 8.24. The Balaban J connectivity index is 2.24. The van der Waals surface area contributed by atoms with Gasteiger partial charge in [-0.25, -0.2) is 4.98 Å². The fourth-order valence-corrected chi connectivity index (χ4v) is 2.72. The second-order valence-electron chi connectivity index (χ2n) is 3.66. The van der Waals surface area contributed by atoms with Crippen LogP contribution in [-0.4, -0.2) is 9.97 Å². The molecule has 0 bridgehead atoms. The van der Waals surface area contributed by atoms with Gasteiger partial charge < -0.3 is 11.5 Å². The predicted octanol–water partition coefficient (Wildman–Crippen LogP) is 2.52. The van der Waals surface area contributed by atoms with Crippen molar-refractivity contribution in [3.63, 3.8) is 0 Å². The molecule has 3 rings (SSSR count). The van der Waals surface area contributed by atoms with Crippen LogP contribution >= 0.6 is 11.3 Å². The highest BCUT2D eigenvalue weighted by Gasteiger charge is 2.09. The summed E-state index contributed by atoms with van der Waals surface area (Å²) in [5, 5.41) is 0. The van der Waals surface area contributed by atoms with Crippen molar-refractivity contribution in [3.8, 4) is 10.4 Å². The van der Waals surface area contributed by atoms with Crippen LogP contribution in [0.2, 0.25) is 0 Å². The van der Waals surface area contributed by atoms with Crippen molar-refractivity contribution >= 4 is 33.3 Å². The summed E-state index contributed by atoms with van der Waals surface area (Å²) >= 11 is 1.58. The number of fused-ring (bicyclic) bond motifs is 1. The zero-order valence-corrected chi connectivity index (χ0v) is 9.74. The number of rotatable bonds is 1. The minimum absolute atomic E-state index is 0.215. The molecule has 2 aromatic heterocycles. The molecule has 0 saturated carbocycles. The van der Waals surface area contributed by atoms with Crippen LogP contribution in [0.5, 0.6) is 0 Å². The molecule has 0 spiro atoms. The van der Waals surface area contributed by atoms with E-state index in [1.165, 1.54) is 0 Å². The monoisotopic (exact) mass is 242 g/mol. The summed E-state index contributed by atoms with van der Waals surface area (Å²) in [5.41, 5.74) is 13.4. The molecule has 5 heteroatoms. The quantitative estimate of drug-likeness (QED) is 0.687. The molecule has 2 heterocycles. The van der Waals surface area contributed by atoms with Crippen LogP contribution < -0.4 is 11.5 Å². The number of hydrogen-bond acceptors (Lipinski definition) is 5. The van der Waals surface area contributed by atoms with E-state index < -0.39 is 0 Å². The lowest BCUT2D eigenvalue weighted by Gasteiger charge is -1.95. The number of hydrogen-bond donors (Lipinski definition) is 2. The van der Waals surface area contributed by atoms with Gasteiger partial charge in [0.1, 0.15) is 5.82 Å². The zero-order chi connectivity index (χ0) is 11.8. The van der Waals surface area contributed by atoms with E-state index >= 15 is 0 Å². The summed E-state index contributed by atoms with van der Waals surface area (Å²) in [7, 11) is 0. The van der Waals surface area contributed by atoms with Crippen LogP contribution in [-0.2, 0) is 0 Å². The summed E-state index contributed by atoms with van der Waals surface area (Å²) in [6.07, 6.45) is 0. The van der Waals surface area contributed by atoms with E-state index in [-0.39, 0.29) is 5.95 Å². The van der Waals surface area contributed by atoms with Crippen LogP contribution in [0.3, 0.4) is 0 Å². The van der Waals surface area contributed by atoms with Gasteiger partial charge in [-0.3, -0.25) is 0 Å². The van der Waals surface area contributed by atoms with E-state index in [1.54, 1.807) is 11.3 Å².